The third-order valence-electron chi connectivity index (χ3n) is 3.78. The third-order valence-corrected chi connectivity index (χ3v) is 3.78. The number of anilines is 2. The van der Waals surface area contributed by atoms with E-state index in [2.05, 4.69) is 15.8 Å². The molecule has 2 aromatic rings. The van der Waals surface area contributed by atoms with Gasteiger partial charge < -0.3 is 15.0 Å². The number of amides is 2. The highest BCUT2D eigenvalue weighted by Gasteiger charge is 2.16. The number of hydrogen-bond acceptors (Lipinski definition) is 7. The van der Waals surface area contributed by atoms with Crippen molar-refractivity contribution in [1.82, 2.24) is 5.43 Å². The molecule has 0 aliphatic carbocycles. The topological polar surface area (TPSA) is 126 Å². The van der Waals surface area contributed by atoms with E-state index in [-0.39, 0.29) is 5.69 Å². The zero-order chi connectivity index (χ0) is 21.4. The van der Waals surface area contributed by atoms with E-state index in [0.717, 1.165) is 0 Å². The van der Waals surface area contributed by atoms with Crippen molar-refractivity contribution in [3.05, 3.63) is 58.1 Å². The number of rotatable bonds is 8. The van der Waals surface area contributed by atoms with Crippen LogP contribution in [0.1, 0.15) is 12.0 Å². The molecule has 2 amide bonds. The van der Waals surface area contributed by atoms with Crippen LogP contribution in [0, 0.1) is 10.1 Å². The molecule has 29 heavy (non-hydrogen) atoms. The van der Waals surface area contributed by atoms with E-state index in [1.54, 1.807) is 55.4 Å². The Labute approximate surface area is 167 Å². The molecule has 0 unspecified atom stereocenters. The number of nitro groups is 1. The first-order valence-corrected chi connectivity index (χ1v) is 8.52. The van der Waals surface area contributed by atoms with E-state index in [4.69, 9.17) is 4.74 Å². The van der Waals surface area contributed by atoms with Crippen molar-refractivity contribution in [2.75, 3.05) is 31.4 Å². The minimum atomic E-state index is -0.631. The summed E-state index contributed by atoms with van der Waals surface area (Å²) < 4.78 is 5.12. The highest BCUT2D eigenvalue weighted by Crippen LogP contribution is 2.27. The molecule has 0 atom stereocenters. The summed E-state index contributed by atoms with van der Waals surface area (Å²) in [6.07, 6.45) is 0.817. The molecule has 0 fully saturated rings. The molecule has 2 rings (SSSR count). The quantitative estimate of drug-likeness (QED) is 0.303. The SMILES string of the molecule is COc1ccccc1NC(=O)CC(=O)NN=Cc1ccc(N(C)C)c([N+](=O)[O-])c1. The van der Waals surface area contributed by atoms with Crippen LogP contribution < -0.4 is 20.4 Å². The van der Waals surface area contributed by atoms with E-state index in [9.17, 15) is 19.7 Å². The van der Waals surface area contributed by atoms with Gasteiger partial charge in [-0.25, -0.2) is 5.43 Å². The molecule has 0 saturated carbocycles. The first-order valence-electron chi connectivity index (χ1n) is 8.52. The average Bonchev–Trinajstić information content (AvgIpc) is 2.68. The fraction of sp³-hybridized carbons (Fsp3) is 0.211. The lowest BCUT2D eigenvalue weighted by Gasteiger charge is -2.12. The Balaban J connectivity index is 1.95. The number of para-hydroxylation sites is 2. The summed E-state index contributed by atoms with van der Waals surface area (Å²) in [5, 5.41) is 17.5. The predicted molar refractivity (Wildman–Crippen MR) is 109 cm³/mol. The number of nitro benzene ring substituents is 1. The van der Waals surface area contributed by atoms with Gasteiger partial charge in [-0.1, -0.05) is 18.2 Å². The second-order valence-corrected chi connectivity index (χ2v) is 6.12. The van der Waals surface area contributed by atoms with Gasteiger partial charge >= 0.3 is 0 Å². The lowest BCUT2D eigenvalue weighted by Crippen LogP contribution is -2.24. The maximum absolute atomic E-state index is 12.0. The summed E-state index contributed by atoms with van der Waals surface area (Å²) in [7, 11) is 4.88. The summed E-state index contributed by atoms with van der Waals surface area (Å²) in [6.45, 7) is 0. The molecule has 2 aromatic carbocycles. The number of methoxy groups -OCH3 is 1. The van der Waals surface area contributed by atoms with Gasteiger partial charge in [0.15, 0.2) is 0 Å². The van der Waals surface area contributed by atoms with Crippen LogP contribution in [-0.2, 0) is 9.59 Å². The Morgan fingerprint density at radius 2 is 1.93 bits per heavy atom. The highest BCUT2D eigenvalue weighted by molar-refractivity contribution is 6.04. The molecule has 0 heterocycles. The fourth-order valence-corrected chi connectivity index (χ4v) is 2.45. The van der Waals surface area contributed by atoms with Crippen LogP contribution >= 0.6 is 0 Å². The largest absolute Gasteiger partial charge is 0.495 e. The molecule has 10 heteroatoms. The summed E-state index contributed by atoms with van der Waals surface area (Å²) in [5.74, 6) is -0.691. The third kappa shape index (κ3) is 6.03. The van der Waals surface area contributed by atoms with Crippen molar-refractivity contribution in [3.63, 3.8) is 0 Å². The van der Waals surface area contributed by atoms with Crippen LogP contribution in [0.3, 0.4) is 0 Å². The van der Waals surface area contributed by atoms with Crippen LogP contribution in [0.4, 0.5) is 17.1 Å². The number of hydrogen-bond donors (Lipinski definition) is 2. The van der Waals surface area contributed by atoms with Gasteiger partial charge in [-0.15, -0.1) is 0 Å². The molecule has 0 aromatic heterocycles. The minimum Gasteiger partial charge on any atom is -0.495 e. The van der Waals surface area contributed by atoms with Gasteiger partial charge in [0.25, 0.3) is 5.69 Å². The molecular formula is C19H21N5O5. The van der Waals surface area contributed by atoms with Gasteiger partial charge in [0, 0.05) is 25.7 Å². The molecule has 0 aliphatic heterocycles. The molecule has 0 saturated heterocycles. The van der Waals surface area contributed by atoms with Crippen molar-refractivity contribution in [2.24, 2.45) is 5.10 Å². The van der Waals surface area contributed by atoms with Crippen LogP contribution in [0.25, 0.3) is 0 Å². The van der Waals surface area contributed by atoms with Crippen LogP contribution in [0.15, 0.2) is 47.6 Å². The number of carbonyl (C=O) groups excluding carboxylic acids is 2. The normalized spacial score (nSPS) is 10.4. The molecule has 0 radical (unpaired) electrons. The van der Waals surface area contributed by atoms with E-state index >= 15 is 0 Å². The first kappa shape index (κ1) is 21.4. The van der Waals surface area contributed by atoms with E-state index in [1.165, 1.54) is 19.4 Å². The van der Waals surface area contributed by atoms with Crippen LogP contribution in [0.2, 0.25) is 0 Å². The minimum absolute atomic E-state index is 0.0820. The summed E-state index contributed by atoms with van der Waals surface area (Å²) >= 11 is 0. The molecule has 152 valence electrons. The van der Waals surface area contributed by atoms with Crippen LogP contribution in [-0.4, -0.2) is 44.2 Å². The van der Waals surface area contributed by atoms with Crippen LogP contribution in [0.5, 0.6) is 5.75 Å². The van der Waals surface area contributed by atoms with Gasteiger partial charge in [-0.2, -0.15) is 5.10 Å². The molecule has 2 N–H and O–H groups in total. The van der Waals surface area contributed by atoms with Gasteiger partial charge in [0.2, 0.25) is 11.8 Å². The number of carbonyl (C=O) groups is 2. The Kier molecular flexibility index (Phi) is 7.24. The number of nitrogens with one attached hydrogen (secondary N) is 2. The van der Waals surface area contributed by atoms with Crippen molar-refractivity contribution in [2.45, 2.75) is 6.42 Å². The lowest BCUT2D eigenvalue weighted by atomic mass is 10.2. The average molecular weight is 399 g/mol. The number of ether oxygens (including phenoxy) is 1. The molecule has 10 nitrogen and oxygen atoms in total. The fourth-order valence-electron chi connectivity index (χ4n) is 2.45. The number of hydrazone groups is 1. The monoisotopic (exact) mass is 399 g/mol. The van der Waals surface area contributed by atoms with Gasteiger partial charge in [-0.05, 0) is 18.2 Å². The van der Waals surface area contributed by atoms with Crippen molar-refractivity contribution >= 4 is 35.1 Å². The summed E-state index contributed by atoms with van der Waals surface area (Å²) in [4.78, 5) is 36.2. The number of benzene rings is 2. The number of nitrogens with zero attached hydrogens (tertiary/aromatic N) is 3. The molecule has 0 aliphatic rings. The Morgan fingerprint density at radius 1 is 1.21 bits per heavy atom. The first-order chi connectivity index (χ1) is 13.8. The van der Waals surface area contributed by atoms with E-state index in [0.29, 0.717) is 22.7 Å². The highest BCUT2D eigenvalue weighted by atomic mass is 16.6. The molecule has 0 bridgehead atoms. The lowest BCUT2D eigenvalue weighted by molar-refractivity contribution is -0.384. The second kappa shape index (κ2) is 9.83. The zero-order valence-electron chi connectivity index (χ0n) is 16.2. The summed E-state index contributed by atoms with van der Waals surface area (Å²) in [5.41, 5.74) is 3.47. The van der Waals surface area contributed by atoms with Crippen molar-refractivity contribution in [3.8, 4) is 5.75 Å². The summed E-state index contributed by atoms with van der Waals surface area (Å²) in [6, 6.07) is 11.4. The maximum Gasteiger partial charge on any atom is 0.293 e. The molecular weight excluding hydrogens is 378 g/mol. The Morgan fingerprint density at radius 3 is 2.59 bits per heavy atom. The maximum atomic E-state index is 12.0. The Bertz CT molecular complexity index is 942. The zero-order valence-corrected chi connectivity index (χ0v) is 16.2. The predicted octanol–water partition coefficient (Wildman–Crippen LogP) is 2.15. The van der Waals surface area contributed by atoms with Gasteiger partial charge in [-0.3, -0.25) is 19.7 Å². The standard InChI is InChI=1S/C19H21N5O5/c1-23(2)15-9-8-13(10-16(15)24(27)28)12-20-22-19(26)11-18(25)21-14-6-4-5-7-17(14)29-3/h4-10,12H,11H2,1-3H3,(H,21,25)(H,22,26). The van der Waals surface area contributed by atoms with Gasteiger partial charge in [0.1, 0.15) is 17.9 Å². The van der Waals surface area contributed by atoms with Crippen molar-refractivity contribution in [1.29, 1.82) is 0 Å². The van der Waals surface area contributed by atoms with E-state index in [1.807, 2.05) is 0 Å². The van der Waals surface area contributed by atoms with Crippen molar-refractivity contribution < 1.29 is 19.2 Å². The second-order valence-electron chi connectivity index (χ2n) is 6.12. The smallest absolute Gasteiger partial charge is 0.293 e. The Hall–Kier alpha value is -3.95. The molecule has 0 spiro atoms. The van der Waals surface area contributed by atoms with E-state index < -0.39 is 23.2 Å². The van der Waals surface area contributed by atoms with Gasteiger partial charge in [0.05, 0.1) is 23.9 Å².